The minimum absolute atomic E-state index is 0.0365. The summed E-state index contributed by atoms with van der Waals surface area (Å²) in [7, 11) is -3.70. The summed E-state index contributed by atoms with van der Waals surface area (Å²) >= 11 is 0. The van der Waals surface area contributed by atoms with Gasteiger partial charge < -0.3 is 5.32 Å². The van der Waals surface area contributed by atoms with Crippen LogP contribution in [0.15, 0.2) is 47.9 Å². The molecule has 0 saturated heterocycles. The van der Waals surface area contributed by atoms with Gasteiger partial charge in [0.15, 0.2) is 0 Å². The highest BCUT2D eigenvalue weighted by Gasteiger charge is 2.12. The Kier molecular flexibility index (Phi) is 3.86. The minimum atomic E-state index is -3.70. The summed E-state index contributed by atoms with van der Waals surface area (Å²) < 4.78 is 23.6. The summed E-state index contributed by atoms with van der Waals surface area (Å²) in [5.74, 6) is 0. The number of hydrogen-bond donors (Lipinski definition) is 2. The molecular weight excluding hydrogens is 280 g/mol. The molecule has 1 amide bonds. The van der Waals surface area contributed by atoms with Gasteiger partial charge in [0.2, 0.25) is 10.0 Å². The van der Waals surface area contributed by atoms with Crippen LogP contribution in [0, 0.1) is 0 Å². The number of benzene rings is 1. The average Bonchev–Trinajstić information content (AvgIpc) is 2.91. The number of sulfonamides is 1. The fourth-order valence-electron chi connectivity index (χ4n) is 1.67. The van der Waals surface area contributed by atoms with Gasteiger partial charge in [-0.15, -0.1) is 0 Å². The first-order valence-electron chi connectivity index (χ1n) is 5.79. The highest BCUT2D eigenvalue weighted by Crippen LogP contribution is 2.15. The van der Waals surface area contributed by atoms with Crippen molar-refractivity contribution in [1.82, 2.24) is 14.9 Å². The SMILES string of the molecule is CC(NC(=O)n1ccnc1)c1ccc(S(N)(=O)=O)cc1. The van der Waals surface area contributed by atoms with Gasteiger partial charge in [-0.05, 0) is 24.6 Å². The highest BCUT2D eigenvalue weighted by atomic mass is 32.2. The Hall–Kier alpha value is -2.19. The van der Waals surface area contributed by atoms with Gasteiger partial charge in [-0.2, -0.15) is 0 Å². The molecule has 0 saturated carbocycles. The number of imidazole rings is 1. The summed E-state index contributed by atoms with van der Waals surface area (Å²) in [4.78, 5) is 15.6. The topological polar surface area (TPSA) is 107 Å². The summed E-state index contributed by atoms with van der Waals surface area (Å²) in [6.45, 7) is 1.79. The van der Waals surface area contributed by atoms with Crippen LogP contribution in [0.5, 0.6) is 0 Å². The van der Waals surface area contributed by atoms with E-state index in [1.54, 1.807) is 19.1 Å². The van der Waals surface area contributed by atoms with E-state index in [9.17, 15) is 13.2 Å². The first-order chi connectivity index (χ1) is 9.38. The van der Waals surface area contributed by atoms with Gasteiger partial charge >= 0.3 is 6.03 Å². The molecule has 7 nitrogen and oxygen atoms in total. The van der Waals surface area contributed by atoms with Crippen LogP contribution in [-0.4, -0.2) is 24.0 Å². The van der Waals surface area contributed by atoms with Crippen LogP contribution in [0.4, 0.5) is 4.79 Å². The van der Waals surface area contributed by atoms with Crippen molar-refractivity contribution in [1.29, 1.82) is 0 Å². The fraction of sp³-hybridized carbons (Fsp3) is 0.167. The molecular formula is C12H14N4O3S. The maximum Gasteiger partial charge on any atom is 0.327 e. The van der Waals surface area contributed by atoms with Crippen LogP contribution in [0.2, 0.25) is 0 Å². The number of aromatic nitrogens is 2. The molecule has 0 radical (unpaired) electrons. The lowest BCUT2D eigenvalue weighted by Crippen LogP contribution is -2.30. The Morgan fingerprint density at radius 3 is 2.50 bits per heavy atom. The smallest absolute Gasteiger partial charge is 0.327 e. The number of amides is 1. The van der Waals surface area contributed by atoms with Crippen molar-refractivity contribution in [2.75, 3.05) is 0 Å². The second-order valence-corrected chi connectivity index (χ2v) is 5.82. The van der Waals surface area contributed by atoms with Crippen LogP contribution >= 0.6 is 0 Å². The molecule has 2 aromatic rings. The zero-order valence-electron chi connectivity index (χ0n) is 10.7. The van der Waals surface area contributed by atoms with Gasteiger partial charge in [0.25, 0.3) is 0 Å². The van der Waals surface area contributed by atoms with Crippen molar-refractivity contribution in [2.24, 2.45) is 5.14 Å². The van der Waals surface area contributed by atoms with Crippen molar-refractivity contribution in [3.05, 3.63) is 48.5 Å². The molecule has 0 bridgehead atoms. The highest BCUT2D eigenvalue weighted by molar-refractivity contribution is 7.89. The monoisotopic (exact) mass is 294 g/mol. The molecule has 0 aliphatic carbocycles. The molecule has 1 heterocycles. The molecule has 1 aromatic carbocycles. The lowest BCUT2D eigenvalue weighted by molar-refractivity contribution is 0.239. The Bertz CT molecular complexity index is 693. The molecule has 0 aliphatic heterocycles. The van der Waals surface area contributed by atoms with Gasteiger partial charge in [0.1, 0.15) is 6.33 Å². The second-order valence-electron chi connectivity index (χ2n) is 4.26. The molecule has 1 atom stereocenters. The molecule has 0 spiro atoms. The molecule has 0 fully saturated rings. The number of hydrogen-bond acceptors (Lipinski definition) is 4. The number of nitrogens with two attached hydrogens (primary N) is 1. The molecule has 3 N–H and O–H groups in total. The maximum absolute atomic E-state index is 11.8. The lowest BCUT2D eigenvalue weighted by atomic mass is 10.1. The van der Waals surface area contributed by atoms with E-state index in [0.717, 1.165) is 5.56 Å². The normalized spacial score (nSPS) is 12.9. The standard InChI is InChI=1S/C12H14N4O3S/c1-9(15-12(17)16-7-6-14-8-16)10-2-4-11(5-3-10)20(13,18)19/h2-9H,1H3,(H,15,17)(H2,13,18,19). The molecule has 1 aromatic heterocycles. The number of nitrogens with one attached hydrogen (secondary N) is 1. The van der Waals surface area contributed by atoms with Crippen molar-refractivity contribution >= 4 is 16.1 Å². The van der Waals surface area contributed by atoms with Crippen molar-refractivity contribution < 1.29 is 13.2 Å². The predicted octanol–water partition coefficient (Wildman–Crippen LogP) is 0.849. The van der Waals surface area contributed by atoms with Gasteiger partial charge in [-0.3, -0.25) is 4.57 Å². The summed E-state index contributed by atoms with van der Waals surface area (Å²) in [6, 6.07) is 5.44. The minimum Gasteiger partial charge on any atom is -0.331 e. The van der Waals surface area contributed by atoms with E-state index in [-0.39, 0.29) is 17.0 Å². The van der Waals surface area contributed by atoms with E-state index in [4.69, 9.17) is 5.14 Å². The van der Waals surface area contributed by atoms with Gasteiger partial charge in [0, 0.05) is 12.4 Å². The fourth-order valence-corrected chi connectivity index (χ4v) is 2.18. The largest absolute Gasteiger partial charge is 0.331 e. The molecule has 8 heteroatoms. The van der Waals surface area contributed by atoms with E-state index in [1.165, 1.54) is 35.4 Å². The maximum atomic E-state index is 11.8. The number of primary sulfonamides is 1. The Labute approximate surface area is 116 Å². The van der Waals surface area contributed by atoms with Gasteiger partial charge in [-0.25, -0.2) is 23.3 Å². The van der Waals surface area contributed by atoms with E-state index in [1.807, 2.05) is 0 Å². The average molecular weight is 294 g/mol. The zero-order valence-corrected chi connectivity index (χ0v) is 11.5. The quantitative estimate of drug-likeness (QED) is 0.875. The van der Waals surface area contributed by atoms with Gasteiger partial charge in [-0.1, -0.05) is 12.1 Å². The van der Waals surface area contributed by atoms with Gasteiger partial charge in [0.05, 0.1) is 10.9 Å². The second kappa shape index (κ2) is 5.43. The Balaban J connectivity index is 2.10. The molecule has 1 unspecified atom stereocenters. The Morgan fingerprint density at radius 1 is 1.35 bits per heavy atom. The third-order valence-electron chi connectivity index (χ3n) is 2.79. The zero-order chi connectivity index (χ0) is 14.8. The number of rotatable bonds is 3. The molecule has 106 valence electrons. The van der Waals surface area contributed by atoms with E-state index in [2.05, 4.69) is 10.3 Å². The van der Waals surface area contributed by atoms with Crippen LogP contribution in [0.25, 0.3) is 0 Å². The number of carbonyl (C=O) groups is 1. The summed E-state index contributed by atoms with van der Waals surface area (Å²) in [5.41, 5.74) is 0.769. The van der Waals surface area contributed by atoms with Crippen LogP contribution in [0.3, 0.4) is 0 Å². The first-order valence-corrected chi connectivity index (χ1v) is 7.34. The van der Waals surface area contributed by atoms with Crippen molar-refractivity contribution in [2.45, 2.75) is 17.9 Å². The van der Waals surface area contributed by atoms with E-state index >= 15 is 0 Å². The molecule has 20 heavy (non-hydrogen) atoms. The van der Waals surface area contributed by atoms with E-state index < -0.39 is 10.0 Å². The third kappa shape index (κ3) is 3.22. The van der Waals surface area contributed by atoms with Crippen molar-refractivity contribution in [3.63, 3.8) is 0 Å². The van der Waals surface area contributed by atoms with Crippen LogP contribution in [0.1, 0.15) is 18.5 Å². The molecule has 0 aliphatic rings. The first kappa shape index (κ1) is 14.2. The summed E-state index contributed by atoms with van der Waals surface area (Å²) in [5, 5.41) is 7.78. The van der Waals surface area contributed by atoms with Crippen LogP contribution < -0.4 is 10.5 Å². The molecule has 2 rings (SSSR count). The number of carbonyl (C=O) groups excluding carboxylic acids is 1. The lowest BCUT2D eigenvalue weighted by Gasteiger charge is -2.14. The Morgan fingerprint density at radius 2 is 2.00 bits per heavy atom. The third-order valence-corrected chi connectivity index (χ3v) is 3.72. The summed E-state index contributed by atoms with van der Waals surface area (Å²) in [6.07, 6.45) is 4.43. The van der Waals surface area contributed by atoms with Crippen LogP contribution in [-0.2, 0) is 10.0 Å². The van der Waals surface area contributed by atoms with Crippen molar-refractivity contribution in [3.8, 4) is 0 Å². The number of nitrogens with zero attached hydrogens (tertiary/aromatic N) is 2. The van der Waals surface area contributed by atoms with E-state index in [0.29, 0.717) is 0 Å². The predicted molar refractivity (Wildman–Crippen MR) is 72.4 cm³/mol.